The van der Waals surface area contributed by atoms with E-state index in [9.17, 15) is 9.59 Å². The van der Waals surface area contributed by atoms with Gasteiger partial charge in [-0.15, -0.1) is 0 Å². The summed E-state index contributed by atoms with van der Waals surface area (Å²) >= 11 is 0. The number of hydrogen-bond acceptors (Lipinski definition) is 2. The molecular formula is C20H33N3O2. The third-order valence-corrected chi connectivity index (χ3v) is 5.18. The van der Waals surface area contributed by atoms with E-state index in [0.29, 0.717) is 6.54 Å². The number of rotatable bonds is 10. The van der Waals surface area contributed by atoms with Crippen LogP contribution in [0.1, 0.15) is 58.6 Å². The minimum absolute atomic E-state index is 0.0592. The maximum atomic E-state index is 13.0. The molecule has 1 aromatic heterocycles. The first-order valence-electron chi connectivity index (χ1n) is 9.66. The monoisotopic (exact) mass is 347 g/mol. The standard InChI is InChI=1S/C20H33N3O2/c1-5-7-13-22(14-18-9-8-12-21(18)4)19(24)15-23(16(3)6-2)20(25)17-10-11-17/h8-9,12,16-17H,5-7,10-11,13-15H2,1-4H3. The molecule has 0 N–H and O–H groups in total. The number of amides is 2. The van der Waals surface area contributed by atoms with Crippen LogP contribution >= 0.6 is 0 Å². The summed E-state index contributed by atoms with van der Waals surface area (Å²) in [5.74, 6) is 0.375. The van der Waals surface area contributed by atoms with Crippen LogP contribution in [0.15, 0.2) is 18.3 Å². The van der Waals surface area contributed by atoms with Gasteiger partial charge in [-0.3, -0.25) is 9.59 Å². The van der Waals surface area contributed by atoms with Gasteiger partial charge in [0.2, 0.25) is 11.8 Å². The lowest BCUT2D eigenvalue weighted by Crippen LogP contribution is -2.47. The van der Waals surface area contributed by atoms with Gasteiger partial charge < -0.3 is 14.4 Å². The molecule has 1 unspecified atom stereocenters. The largest absolute Gasteiger partial charge is 0.353 e. The normalized spacial score (nSPS) is 15.0. The van der Waals surface area contributed by atoms with E-state index in [2.05, 4.69) is 13.8 Å². The van der Waals surface area contributed by atoms with Crippen molar-refractivity contribution in [3.05, 3.63) is 24.0 Å². The number of unbranched alkanes of at least 4 members (excludes halogenated alkanes) is 1. The zero-order valence-electron chi connectivity index (χ0n) is 16.2. The van der Waals surface area contributed by atoms with Crippen molar-refractivity contribution in [1.29, 1.82) is 0 Å². The van der Waals surface area contributed by atoms with Crippen molar-refractivity contribution in [1.82, 2.24) is 14.4 Å². The number of aromatic nitrogens is 1. The summed E-state index contributed by atoms with van der Waals surface area (Å²) in [7, 11) is 2.00. The Hall–Kier alpha value is -1.78. The smallest absolute Gasteiger partial charge is 0.242 e. The highest BCUT2D eigenvalue weighted by atomic mass is 16.2. The van der Waals surface area contributed by atoms with Gasteiger partial charge in [0.1, 0.15) is 6.54 Å². The van der Waals surface area contributed by atoms with Crippen LogP contribution < -0.4 is 0 Å². The van der Waals surface area contributed by atoms with Crippen molar-refractivity contribution in [3.63, 3.8) is 0 Å². The summed E-state index contributed by atoms with van der Waals surface area (Å²) in [5.41, 5.74) is 1.12. The molecule has 0 bridgehead atoms. The summed E-state index contributed by atoms with van der Waals surface area (Å²) in [5, 5.41) is 0. The van der Waals surface area contributed by atoms with Gasteiger partial charge in [-0.05, 0) is 44.7 Å². The van der Waals surface area contributed by atoms with Crippen molar-refractivity contribution < 1.29 is 9.59 Å². The summed E-state index contributed by atoms with van der Waals surface area (Å²) in [6, 6.07) is 4.16. The first-order chi connectivity index (χ1) is 12.0. The molecule has 1 aliphatic carbocycles. The van der Waals surface area contributed by atoms with Crippen molar-refractivity contribution in [2.24, 2.45) is 13.0 Å². The minimum Gasteiger partial charge on any atom is -0.353 e. The van der Waals surface area contributed by atoms with Gasteiger partial charge in [-0.2, -0.15) is 0 Å². The molecule has 1 atom stereocenters. The molecule has 5 nitrogen and oxygen atoms in total. The van der Waals surface area contributed by atoms with Gasteiger partial charge in [0.05, 0.1) is 6.54 Å². The Morgan fingerprint density at radius 3 is 2.56 bits per heavy atom. The summed E-state index contributed by atoms with van der Waals surface area (Å²) in [6.07, 6.45) is 6.85. The first kappa shape index (κ1) is 19.5. The topological polar surface area (TPSA) is 45.6 Å². The van der Waals surface area contributed by atoms with E-state index < -0.39 is 0 Å². The molecule has 0 radical (unpaired) electrons. The van der Waals surface area contributed by atoms with Crippen molar-refractivity contribution >= 4 is 11.8 Å². The fourth-order valence-corrected chi connectivity index (χ4v) is 2.98. The van der Waals surface area contributed by atoms with Gasteiger partial charge in [-0.25, -0.2) is 0 Å². The highest BCUT2D eigenvalue weighted by molar-refractivity contribution is 5.87. The lowest BCUT2D eigenvalue weighted by Gasteiger charge is -2.31. The molecular weight excluding hydrogens is 314 g/mol. The second kappa shape index (κ2) is 9.07. The Labute approximate surface area is 152 Å². The van der Waals surface area contributed by atoms with E-state index >= 15 is 0 Å². The Morgan fingerprint density at radius 2 is 2.04 bits per heavy atom. The van der Waals surface area contributed by atoms with Gasteiger partial charge in [0, 0.05) is 37.4 Å². The highest BCUT2D eigenvalue weighted by Crippen LogP contribution is 2.32. The Morgan fingerprint density at radius 1 is 1.32 bits per heavy atom. The molecule has 1 fully saturated rings. The molecule has 0 saturated heterocycles. The third-order valence-electron chi connectivity index (χ3n) is 5.18. The lowest BCUT2D eigenvalue weighted by atomic mass is 10.2. The fraction of sp³-hybridized carbons (Fsp3) is 0.700. The summed E-state index contributed by atoms with van der Waals surface area (Å²) in [4.78, 5) is 29.3. The van der Waals surface area contributed by atoms with Crippen LogP contribution in [0.5, 0.6) is 0 Å². The molecule has 0 spiro atoms. The third kappa shape index (κ3) is 5.35. The quantitative estimate of drug-likeness (QED) is 0.652. The van der Waals surface area contributed by atoms with Crippen LogP contribution in [0.25, 0.3) is 0 Å². The molecule has 0 aromatic carbocycles. The van der Waals surface area contributed by atoms with E-state index in [0.717, 1.165) is 44.3 Å². The van der Waals surface area contributed by atoms with E-state index in [4.69, 9.17) is 0 Å². The molecule has 1 aliphatic rings. The Bertz CT molecular complexity index is 577. The molecule has 2 amide bonds. The number of aryl methyl sites for hydroxylation is 1. The van der Waals surface area contributed by atoms with Crippen LogP contribution in [0.2, 0.25) is 0 Å². The van der Waals surface area contributed by atoms with Crippen molar-refractivity contribution in [2.75, 3.05) is 13.1 Å². The van der Waals surface area contributed by atoms with E-state index in [1.54, 1.807) is 0 Å². The number of carbonyl (C=O) groups excluding carboxylic acids is 2. The molecule has 1 saturated carbocycles. The lowest BCUT2D eigenvalue weighted by molar-refractivity contribution is -0.143. The number of carbonyl (C=O) groups is 2. The summed E-state index contributed by atoms with van der Waals surface area (Å²) < 4.78 is 2.05. The van der Waals surface area contributed by atoms with Crippen LogP contribution in [-0.4, -0.2) is 45.3 Å². The maximum absolute atomic E-state index is 13.0. The minimum atomic E-state index is 0.0592. The zero-order chi connectivity index (χ0) is 18.4. The van der Waals surface area contributed by atoms with Gasteiger partial charge in [-0.1, -0.05) is 20.3 Å². The highest BCUT2D eigenvalue weighted by Gasteiger charge is 2.36. The van der Waals surface area contributed by atoms with Gasteiger partial charge in [0.15, 0.2) is 0 Å². The average molecular weight is 348 g/mol. The van der Waals surface area contributed by atoms with Crippen LogP contribution in [0.3, 0.4) is 0 Å². The second-order valence-corrected chi connectivity index (χ2v) is 7.28. The molecule has 25 heavy (non-hydrogen) atoms. The second-order valence-electron chi connectivity index (χ2n) is 7.28. The summed E-state index contributed by atoms with van der Waals surface area (Å²) in [6.45, 7) is 7.80. The van der Waals surface area contributed by atoms with Crippen LogP contribution in [-0.2, 0) is 23.2 Å². The van der Waals surface area contributed by atoms with E-state index in [1.807, 2.05) is 46.7 Å². The van der Waals surface area contributed by atoms with Crippen LogP contribution in [0.4, 0.5) is 0 Å². The SMILES string of the molecule is CCCCN(Cc1cccn1C)C(=O)CN(C(=O)C1CC1)C(C)CC. The Kier molecular flexibility index (Phi) is 7.09. The van der Waals surface area contributed by atoms with E-state index in [1.165, 1.54) is 0 Å². The van der Waals surface area contributed by atoms with Crippen LogP contribution in [0, 0.1) is 5.92 Å². The first-order valence-corrected chi connectivity index (χ1v) is 9.66. The van der Waals surface area contributed by atoms with E-state index in [-0.39, 0.29) is 30.3 Å². The Balaban J connectivity index is 2.07. The molecule has 140 valence electrons. The molecule has 2 rings (SSSR count). The predicted octanol–water partition coefficient (Wildman–Crippen LogP) is 3.19. The fourth-order valence-electron chi connectivity index (χ4n) is 2.98. The van der Waals surface area contributed by atoms with Crippen molar-refractivity contribution in [3.8, 4) is 0 Å². The van der Waals surface area contributed by atoms with Gasteiger partial charge in [0.25, 0.3) is 0 Å². The molecule has 0 aliphatic heterocycles. The maximum Gasteiger partial charge on any atom is 0.242 e. The average Bonchev–Trinajstić information content (AvgIpc) is 3.38. The van der Waals surface area contributed by atoms with Gasteiger partial charge >= 0.3 is 0 Å². The molecule has 5 heteroatoms. The predicted molar refractivity (Wildman–Crippen MR) is 99.9 cm³/mol. The molecule has 1 aromatic rings. The molecule has 1 heterocycles. The van der Waals surface area contributed by atoms with Crippen molar-refractivity contribution in [2.45, 2.75) is 65.5 Å². The zero-order valence-corrected chi connectivity index (χ0v) is 16.2. The number of hydrogen-bond donors (Lipinski definition) is 0. The number of nitrogens with zero attached hydrogens (tertiary/aromatic N) is 3.